The molecule has 3 unspecified atom stereocenters. The van der Waals surface area contributed by atoms with Gasteiger partial charge in [-0.1, -0.05) is 30.3 Å². The molecule has 21 heavy (non-hydrogen) atoms. The molecule has 1 aromatic rings. The monoisotopic (exact) mass is 288 g/mol. The molecule has 2 aliphatic rings. The maximum Gasteiger partial charge on any atom is 0.330 e. The van der Waals surface area contributed by atoms with Crippen LogP contribution >= 0.6 is 0 Å². The minimum atomic E-state index is -1.48. The minimum absolute atomic E-state index is 0.187. The Morgan fingerprint density at radius 3 is 2.33 bits per heavy atom. The zero-order valence-corrected chi connectivity index (χ0v) is 11.6. The van der Waals surface area contributed by atoms with Gasteiger partial charge in [-0.15, -0.1) is 0 Å². The van der Waals surface area contributed by atoms with Crippen LogP contribution in [0.2, 0.25) is 0 Å². The number of likely N-dealkylation sites (N-methyl/N-ethyl adjacent to an activating group) is 1. The molecular formula is C15H16N2O4. The summed E-state index contributed by atoms with van der Waals surface area (Å²) < 4.78 is 0. The average Bonchev–Trinajstić information content (AvgIpc) is 3.24. The van der Waals surface area contributed by atoms with Gasteiger partial charge in [-0.2, -0.15) is 0 Å². The van der Waals surface area contributed by atoms with E-state index in [-0.39, 0.29) is 30.2 Å². The van der Waals surface area contributed by atoms with Crippen LogP contribution < -0.4 is 5.32 Å². The van der Waals surface area contributed by atoms with Crippen LogP contribution in [0.25, 0.3) is 0 Å². The van der Waals surface area contributed by atoms with Crippen molar-refractivity contribution in [3.63, 3.8) is 0 Å². The number of hydrogen-bond donors (Lipinski definition) is 2. The number of nitrogens with one attached hydrogen (secondary N) is 1. The number of rotatable bonds is 5. The molecule has 1 aliphatic heterocycles. The van der Waals surface area contributed by atoms with Gasteiger partial charge >= 0.3 is 5.97 Å². The number of hydrogen-bond acceptors (Lipinski definition) is 4. The van der Waals surface area contributed by atoms with Crippen molar-refractivity contribution in [3.05, 3.63) is 35.9 Å². The summed E-state index contributed by atoms with van der Waals surface area (Å²) in [6.07, 6.45) is 0.610. The van der Waals surface area contributed by atoms with Gasteiger partial charge in [-0.3, -0.25) is 19.8 Å². The lowest BCUT2D eigenvalue weighted by molar-refractivity contribution is -0.150. The van der Waals surface area contributed by atoms with Crippen LogP contribution in [0.5, 0.6) is 0 Å². The third-order valence-electron chi connectivity index (χ3n) is 4.41. The van der Waals surface area contributed by atoms with E-state index in [1.807, 2.05) is 0 Å². The SMILES string of the molecule is CNC(CN1C(=O)C2CC2C1=O)(C(=O)O)c1ccccc1. The highest BCUT2D eigenvalue weighted by Crippen LogP contribution is 2.47. The highest BCUT2D eigenvalue weighted by molar-refractivity contribution is 6.09. The molecule has 2 N–H and O–H groups in total. The van der Waals surface area contributed by atoms with E-state index >= 15 is 0 Å². The average molecular weight is 288 g/mol. The molecule has 3 rings (SSSR count). The van der Waals surface area contributed by atoms with Gasteiger partial charge in [0, 0.05) is 0 Å². The molecule has 1 heterocycles. The third kappa shape index (κ3) is 1.94. The summed E-state index contributed by atoms with van der Waals surface area (Å²) in [4.78, 5) is 37.1. The molecular weight excluding hydrogens is 272 g/mol. The molecule has 1 saturated carbocycles. The third-order valence-corrected chi connectivity index (χ3v) is 4.41. The predicted molar refractivity (Wildman–Crippen MR) is 73.1 cm³/mol. The lowest BCUT2D eigenvalue weighted by atomic mass is 9.89. The van der Waals surface area contributed by atoms with Crippen molar-refractivity contribution in [2.24, 2.45) is 11.8 Å². The van der Waals surface area contributed by atoms with E-state index < -0.39 is 11.5 Å². The van der Waals surface area contributed by atoms with Crippen molar-refractivity contribution in [1.29, 1.82) is 0 Å². The van der Waals surface area contributed by atoms with Crippen molar-refractivity contribution >= 4 is 17.8 Å². The molecule has 3 atom stereocenters. The van der Waals surface area contributed by atoms with Crippen LogP contribution in [0, 0.1) is 11.8 Å². The van der Waals surface area contributed by atoms with E-state index in [9.17, 15) is 19.5 Å². The van der Waals surface area contributed by atoms with Crippen molar-refractivity contribution in [2.45, 2.75) is 12.0 Å². The molecule has 6 nitrogen and oxygen atoms in total. The highest BCUT2D eigenvalue weighted by atomic mass is 16.4. The number of fused-ring (bicyclic) bond motifs is 1. The fraction of sp³-hybridized carbons (Fsp3) is 0.400. The van der Waals surface area contributed by atoms with Gasteiger partial charge < -0.3 is 5.11 Å². The molecule has 6 heteroatoms. The zero-order valence-electron chi connectivity index (χ0n) is 11.6. The Morgan fingerprint density at radius 2 is 1.86 bits per heavy atom. The summed E-state index contributed by atoms with van der Waals surface area (Å²) in [6.45, 7) is -0.187. The lowest BCUT2D eigenvalue weighted by Gasteiger charge is -2.33. The Morgan fingerprint density at radius 1 is 1.29 bits per heavy atom. The van der Waals surface area contributed by atoms with Gasteiger partial charge in [0.2, 0.25) is 11.8 Å². The second kappa shape index (κ2) is 4.66. The summed E-state index contributed by atoms with van der Waals surface area (Å²) in [5.41, 5.74) is -0.968. The standard InChI is InChI=1S/C15H16N2O4/c1-16-15(14(20)21,9-5-3-2-4-6-9)8-17-12(18)10-7-11(10)13(17)19/h2-6,10-11,16H,7-8H2,1H3,(H,20,21). The Balaban J connectivity index is 1.96. The van der Waals surface area contributed by atoms with E-state index in [0.29, 0.717) is 12.0 Å². The van der Waals surface area contributed by atoms with Crippen LogP contribution in [0.4, 0.5) is 0 Å². The van der Waals surface area contributed by atoms with Crippen LogP contribution in [-0.4, -0.2) is 41.4 Å². The maximum atomic E-state index is 12.1. The number of nitrogens with zero attached hydrogens (tertiary/aromatic N) is 1. The van der Waals surface area contributed by atoms with Crippen LogP contribution in [0.1, 0.15) is 12.0 Å². The Labute approximate surface area is 121 Å². The van der Waals surface area contributed by atoms with E-state index in [1.165, 1.54) is 7.05 Å². The fourth-order valence-electron chi connectivity index (χ4n) is 2.98. The van der Waals surface area contributed by atoms with Gasteiger partial charge in [-0.25, -0.2) is 4.79 Å². The van der Waals surface area contributed by atoms with Crippen LogP contribution in [-0.2, 0) is 19.9 Å². The first-order chi connectivity index (χ1) is 10.0. The quantitative estimate of drug-likeness (QED) is 0.755. The normalized spacial score (nSPS) is 26.4. The van der Waals surface area contributed by atoms with Gasteiger partial charge in [0.1, 0.15) is 0 Å². The second-order valence-corrected chi connectivity index (χ2v) is 5.54. The molecule has 0 radical (unpaired) electrons. The Bertz CT molecular complexity index is 595. The summed E-state index contributed by atoms with van der Waals surface area (Å²) in [7, 11) is 1.52. The lowest BCUT2D eigenvalue weighted by Crippen LogP contribution is -2.56. The summed E-state index contributed by atoms with van der Waals surface area (Å²) in [6, 6.07) is 8.60. The van der Waals surface area contributed by atoms with Gasteiger partial charge in [0.25, 0.3) is 0 Å². The van der Waals surface area contributed by atoms with Crippen LogP contribution in [0.3, 0.4) is 0 Å². The van der Waals surface area contributed by atoms with E-state index in [4.69, 9.17) is 0 Å². The number of likely N-dealkylation sites (tertiary alicyclic amines) is 1. The number of benzene rings is 1. The molecule has 0 bridgehead atoms. The van der Waals surface area contributed by atoms with E-state index in [2.05, 4.69) is 5.32 Å². The van der Waals surface area contributed by atoms with Gasteiger partial charge in [0.05, 0.1) is 18.4 Å². The minimum Gasteiger partial charge on any atom is -0.480 e. The van der Waals surface area contributed by atoms with Gasteiger partial charge in [0.15, 0.2) is 5.54 Å². The molecule has 2 fully saturated rings. The molecule has 2 amide bonds. The summed E-state index contributed by atoms with van der Waals surface area (Å²) in [5, 5.41) is 12.5. The number of carbonyl (C=O) groups is 3. The van der Waals surface area contributed by atoms with Crippen LogP contribution in [0.15, 0.2) is 30.3 Å². The first-order valence-electron chi connectivity index (χ1n) is 6.84. The van der Waals surface area contributed by atoms with Gasteiger partial charge in [-0.05, 0) is 19.0 Å². The zero-order chi connectivity index (χ0) is 15.2. The van der Waals surface area contributed by atoms with Crippen molar-refractivity contribution in [1.82, 2.24) is 10.2 Å². The first-order valence-corrected chi connectivity index (χ1v) is 6.84. The molecule has 1 saturated heterocycles. The smallest absolute Gasteiger partial charge is 0.330 e. The molecule has 1 aromatic carbocycles. The topological polar surface area (TPSA) is 86.7 Å². The predicted octanol–water partition coefficient (Wildman–Crippen LogP) is 0.191. The highest BCUT2D eigenvalue weighted by Gasteiger charge is 2.60. The molecule has 1 aliphatic carbocycles. The largest absolute Gasteiger partial charge is 0.480 e. The number of carboxylic acids is 1. The Hall–Kier alpha value is -2.21. The van der Waals surface area contributed by atoms with Crippen molar-refractivity contribution in [3.8, 4) is 0 Å². The number of carbonyl (C=O) groups excluding carboxylic acids is 2. The summed E-state index contributed by atoms with van der Waals surface area (Å²) >= 11 is 0. The maximum absolute atomic E-state index is 12.1. The number of aliphatic carboxylic acids is 1. The number of carboxylic acid groups (broad SMARTS) is 1. The molecule has 0 spiro atoms. The molecule has 0 aromatic heterocycles. The first kappa shape index (κ1) is 13.8. The second-order valence-electron chi connectivity index (χ2n) is 5.54. The van der Waals surface area contributed by atoms with E-state index in [1.54, 1.807) is 30.3 Å². The summed E-state index contributed by atoms with van der Waals surface area (Å²) in [5.74, 6) is -2.06. The number of imide groups is 1. The van der Waals surface area contributed by atoms with Crippen molar-refractivity contribution < 1.29 is 19.5 Å². The van der Waals surface area contributed by atoms with E-state index in [0.717, 1.165) is 4.90 Å². The number of amides is 2. The fourth-order valence-corrected chi connectivity index (χ4v) is 2.98. The van der Waals surface area contributed by atoms with Crippen molar-refractivity contribution in [2.75, 3.05) is 13.6 Å². The molecule has 110 valence electrons. The number of piperidine rings is 1. The Kier molecular flexibility index (Phi) is 3.06.